The molecule has 20 heavy (non-hydrogen) atoms. The van der Waals surface area contributed by atoms with Gasteiger partial charge in [-0.2, -0.15) is 0 Å². The predicted octanol–water partition coefficient (Wildman–Crippen LogP) is 2.29. The number of nitrogens with one attached hydrogen (secondary N) is 1. The third-order valence-corrected chi connectivity index (χ3v) is 3.45. The highest BCUT2D eigenvalue weighted by molar-refractivity contribution is 7.71. The van der Waals surface area contributed by atoms with Gasteiger partial charge in [0.15, 0.2) is 4.77 Å². The van der Waals surface area contributed by atoms with Crippen molar-refractivity contribution >= 4 is 23.3 Å². The van der Waals surface area contributed by atoms with Gasteiger partial charge in [-0.15, -0.1) is 0 Å². The molecule has 0 spiro atoms. The van der Waals surface area contributed by atoms with Crippen LogP contribution in [0.3, 0.4) is 0 Å². The van der Waals surface area contributed by atoms with Gasteiger partial charge in [0, 0.05) is 19.2 Å². The Morgan fingerprint density at radius 3 is 2.80 bits per heavy atom. The molecule has 2 rings (SSSR count). The second-order valence-corrected chi connectivity index (χ2v) is 5.27. The van der Waals surface area contributed by atoms with E-state index in [1.807, 2.05) is 32.3 Å². The number of aromatic amines is 1. The largest absolute Gasteiger partial charge is 0.497 e. The van der Waals surface area contributed by atoms with E-state index in [1.54, 1.807) is 7.11 Å². The van der Waals surface area contributed by atoms with Crippen molar-refractivity contribution in [3.05, 3.63) is 23.0 Å². The zero-order valence-corrected chi connectivity index (χ0v) is 13.0. The molecule has 2 aromatic rings. The number of ether oxygens (including phenoxy) is 2. The van der Waals surface area contributed by atoms with Crippen LogP contribution in [0, 0.1) is 4.77 Å². The molecule has 0 saturated heterocycles. The molecule has 5 nitrogen and oxygen atoms in total. The minimum atomic E-state index is 0.654. The van der Waals surface area contributed by atoms with Gasteiger partial charge in [-0.1, -0.05) is 0 Å². The second-order valence-electron chi connectivity index (χ2n) is 4.88. The Morgan fingerprint density at radius 2 is 2.10 bits per heavy atom. The van der Waals surface area contributed by atoms with Crippen LogP contribution >= 0.6 is 12.2 Å². The summed E-state index contributed by atoms with van der Waals surface area (Å²) in [5.41, 5.74) is 2.06. The third-order valence-electron chi connectivity index (χ3n) is 3.12. The van der Waals surface area contributed by atoms with Gasteiger partial charge >= 0.3 is 0 Å². The van der Waals surface area contributed by atoms with E-state index in [9.17, 15) is 0 Å². The summed E-state index contributed by atoms with van der Waals surface area (Å²) in [5, 5.41) is 0. The lowest BCUT2D eigenvalue weighted by atomic mass is 10.3. The van der Waals surface area contributed by atoms with Gasteiger partial charge in [0.05, 0.1) is 31.4 Å². The van der Waals surface area contributed by atoms with E-state index in [1.165, 1.54) is 0 Å². The summed E-state index contributed by atoms with van der Waals surface area (Å²) >= 11 is 5.35. The Hall–Kier alpha value is -1.37. The first-order valence-electron chi connectivity index (χ1n) is 6.61. The number of fused-ring (bicyclic) bond motifs is 1. The Morgan fingerprint density at radius 1 is 1.30 bits per heavy atom. The molecule has 1 N–H and O–H groups in total. The fourth-order valence-electron chi connectivity index (χ4n) is 2.00. The number of methoxy groups -OCH3 is 1. The quantitative estimate of drug-likeness (QED) is 0.628. The van der Waals surface area contributed by atoms with Gasteiger partial charge in [-0.05, 0) is 38.4 Å². The van der Waals surface area contributed by atoms with Crippen LogP contribution in [0.15, 0.2) is 18.2 Å². The summed E-state index contributed by atoms with van der Waals surface area (Å²) in [5.74, 6) is 0.822. The molecule has 6 heteroatoms. The topological polar surface area (TPSA) is 42.4 Å². The van der Waals surface area contributed by atoms with Crippen LogP contribution in [-0.2, 0) is 11.3 Å². The first-order chi connectivity index (χ1) is 9.61. The number of hydrogen-bond acceptors (Lipinski definition) is 4. The monoisotopic (exact) mass is 295 g/mol. The summed E-state index contributed by atoms with van der Waals surface area (Å²) in [4.78, 5) is 5.30. The standard InChI is InChI=1S/C14H21N3O2S/c1-16(2)6-8-19-9-7-17-13-5-4-11(18-3)10-12(13)15-14(17)20/h4-5,10H,6-9H2,1-3H3,(H,15,20). The lowest BCUT2D eigenvalue weighted by molar-refractivity contribution is 0.111. The Balaban J connectivity index is 2.03. The van der Waals surface area contributed by atoms with E-state index in [2.05, 4.69) is 14.5 Å². The molecular formula is C14H21N3O2S. The minimum Gasteiger partial charge on any atom is -0.497 e. The SMILES string of the molecule is COc1ccc2c(c1)[nH]c(=S)n2CCOCCN(C)C. The lowest BCUT2D eigenvalue weighted by Crippen LogP contribution is -2.19. The van der Waals surface area contributed by atoms with E-state index in [-0.39, 0.29) is 0 Å². The van der Waals surface area contributed by atoms with Crippen LogP contribution < -0.4 is 4.74 Å². The maximum Gasteiger partial charge on any atom is 0.178 e. The number of benzene rings is 1. The predicted molar refractivity (Wildman–Crippen MR) is 83.0 cm³/mol. The van der Waals surface area contributed by atoms with E-state index in [0.717, 1.165) is 36.5 Å². The summed E-state index contributed by atoms with van der Waals surface area (Å²) < 4.78 is 13.6. The Kier molecular flexibility index (Phi) is 5.17. The van der Waals surface area contributed by atoms with Crippen LogP contribution in [0.1, 0.15) is 0 Å². The highest BCUT2D eigenvalue weighted by Crippen LogP contribution is 2.20. The summed E-state index contributed by atoms with van der Waals surface area (Å²) in [6.07, 6.45) is 0. The molecular weight excluding hydrogens is 274 g/mol. The van der Waals surface area contributed by atoms with E-state index in [0.29, 0.717) is 11.4 Å². The van der Waals surface area contributed by atoms with Crippen molar-refractivity contribution in [3.63, 3.8) is 0 Å². The first-order valence-corrected chi connectivity index (χ1v) is 7.01. The molecule has 0 unspecified atom stereocenters. The average molecular weight is 295 g/mol. The van der Waals surface area contributed by atoms with Crippen molar-refractivity contribution < 1.29 is 9.47 Å². The molecule has 0 radical (unpaired) electrons. The second kappa shape index (κ2) is 6.88. The number of rotatable bonds is 7. The molecule has 0 bridgehead atoms. The molecule has 0 aliphatic carbocycles. The number of hydrogen-bond donors (Lipinski definition) is 1. The molecule has 0 saturated carbocycles. The number of aromatic nitrogens is 2. The normalized spacial score (nSPS) is 11.4. The minimum absolute atomic E-state index is 0.654. The fourth-order valence-corrected chi connectivity index (χ4v) is 2.30. The summed E-state index contributed by atoms with van der Waals surface area (Å²) in [6.45, 7) is 3.06. The number of nitrogens with zero attached hydrogens (tertiary/aromatic N) is 2. The van der Waals surface area contributed by atoms with Crippen LogP contribution in [0.4, 0.5) is 0 Å². The van der Waals surface area contributed by atoms with Crippen molar-refractivity contribution in [2.24, 2.45) is 0 Å². The number of imidazole rings is 1. The summed E-state index contributed by atoms with van der Waals surface area (Å²) in [7, 11) is 5.73. The van der Waals surface area contributed by atoms with Crippen LogP contribution in [0.25, 0.3) is 11.0 Å². The van der Waals surface area contributed by atoms with Gasteiger partial charge in [-0.25, -0.2) is 0 Å². The smallest absolute Gasteiger partial charge is 0.178 e. The molecule has 0 atom stereocenters. The number of H-pyrrole nitrogens is 1. The van der Waals surface area contributed by atoms with Crippen molar-refractivity contribution in [1.82, 2.24) is 14.5 Å². The van der Waals surface area contributed by atoms with Crippen molar-refractivity contribution in [2.75, 3.05) is 41.0 Å². The van der Waals surface area contributed by atoms with Crippen LogP contribution in [0.2, 0.25) is 0 Å². The van der Waals surface area contributed by atoms with Gasteiger partial charge in [0.25, 0.3) is 0 Å². The van der Waals surface area contributed by atoms with Gasteiger partial charge in [0.2, 0.25) is 0 Å². The van der Waals surface area contributed by atoms with Crippen molar-refractivity contribution in [2.45, 2.75) is 6.54 Å². The van der Waals surface area contributed by atoms with Gasteiger partial charge in [0.1, 0.15) is 5.75 Å². The molecule has 0 aliphatic rings. The third kappa shape index (κ3) is 3.59. The highest BCUT2D eigenvalue weighted by atomic mass is 32.1. The fraction of sp³-hybridized carbons (Fsp3) is 0.500. The molecule has 0 fully saturated rings. The molecule has 110 valence electrons. The van der Waals surface area contributed by atoms with Crippen molar-refractivity contribution in [1.29, 1.82) is 0 Å². The van der Waals surface area contributed by atoms with E-state index < -0.39 is 0 Å². The zero-order chi connectivity index (χ0) is 14.5. The molecule has 0 aliphatic heterocycles. The maximum atomic E-state index is 5.62. The summed E-state index contributed by atoms with van der Waals surface area (Å²) in [6, 6.07) is 5.91. The first kappa shape index (κ1) is 15.0. The molecule has 1 heterocycles. The molecule has 1 aromatic carbocycles. The Bertz CT molecular complexity index is 618. The highest BCUT2D eigenvalue weighted by Gasteiger charge is 2.05. The zero-order valence-electron chi connectivity index (χ0n) is 12.2. The molecule has 0 amide bonds. The van der Waals surface area contributed by atoms with E-state index in [4.69, 9.17) is 21.7 Å². The van der Waals surface area contributed by atoms with Gasteiger partial charge in [-0.3, -0.25) is 0 Å². The van der Waals surface area contributed by atoms with Crippen LogP contribution in [-0.4, -0.2) is 55.4 Å². The molecule has 1 aromatic heterocycles. The van der Waals surface area contributed by atoms with Crippen LogP contribution in [0.5, 0.6) is 5.75 Å². The van der Waals surface area contributed by atoms with Gasteiger partial charge < -0.3 is 23.9 Å². The van der Waals surface area contributed by atoms with Crippen molar-refractivity contribution in [3.8, 4) is 5.75 Å². The van der Waals surface area contributed by atoms with E-state index >= 15 is 0 Å². The number of likely N-dealkylation sites (N-methyl/N-ethyl adjacent to an activating group) is 1. The Labute approximate surface area is 124 Å². The maximum absolute atomic E-state index is 5.62. The average Bonchev–Trinajstić information content (AvgIpc) is 2.73. The lowest BCUT2D eigenvalue weighted by Gasteiger charge is -2.10.